The van der Waals surface area contributed by atoms with Crippen LogP contribution in [-0.4, -0.2) is 16.6 Å². The van der Waals surface area contributed by atoms with E-state index in [0.717, 1.165) is 11.1 Å². The molecule has 19 heavy (non-hydrogen) atoms. The fourth-order valence-electron chi connectivity index (χ4n) is 2.19. The normalized spacial score (nSPS) is 14.1. The second-order valence-corrected chi connectivity index (χ2v) is 4.57. The summed E-state index contributed by atoms with van der Waals surface area (Å²) in [6, 6.07) is 8.06. The minimum absolute atomic E-state index is 0.267. The highest BCUT2D eigenvalue weighted by molar-refractivity contribution is 5.32. The van der Waals surface area contributed by atoms with Gasteiger partial charge < -0.3 is 10.8 Å². The molecule has 1 aromatic carbocycles. The summed E-state index contributed by atoms with van der Waals surface area (Å²) in [4.78, 5) is 4.03. The number of hydrogen-bond acceptors (Lipinski definition) is 3. The van der Waals surface area contributed by atoms with Crippen molar-refractivity contribution >= 4 is 0 Å². The van der Waals surface area contributed by atoms with Crippen molar-refractivity contribution in [2.24, 2.45) is 5.73 Å². The molecule has 0 amide bonds. The van der Waals surface area contributed by atoms with Crippen molar-refractivity contribution in [2.75, 3.05) is 6.54 Å². The number of aromatic nitrogens is 1. The summed E-state index contributed by atoms with van der Waals surface area (Å²) in [7, 11) is 0. The summed E-state index contributed by atoms with van der Waals surface area (Å²) in [5.41, 5.74) is 8.01. The standard InChI is InChI=1S/C15H17FN2O/c1-10-4-5-12(16)7-13(10)15(19)14(8-17)11-3-2-6-18-9-11/h2-7,9,14-15,19H,8,17H2,1H3. The predicted octanol–water partition coefficient (Wildman–Crippen LogP) is 2.31. The Bertz CT molecular complexity index is 545. The number of nitrogens with two attached hydrogens (primary N) is 1. The molecular weight excluding hydrogens is 243 g/mol. The molecule has 0 radical (unpaired) electrons. The van der Waals surface area contributed by atoms with E-state index >= 15 is 0 Å². The van der Waals surface area contributed by atoms with Gasteiger partial charge in [-0.3, -0.25) is 4.98 Å². The van der Waals surface area contributed by atoms with E-state index in [1.807, 2.05) is 13.0 Å². The van der Waals surface area contributed by atoms with Gasteiger partial charge in [0.05, 0.1) is 6.10 Å². The third-order valence-corrected chi connectivity index (χ3v) is 3.31. The minimum atomic E-state index is -0.843. The third kappa shape index (κ3) is 2.97. The van der Waals surface area contributed by atoms with Crippen LogP contribution in [0.3, 0.4) is 0 Å². The fraction of sp³-hybridized carbons (Fsp3) is 0.267. The van der Waals surface area contributed by atoms with Crippen LogP contribution in [0.2, 0.25) is 0 Å². The number of nitrogens with zero attached hydrogens (tertiary/aromatic N) is 1. The van der Waals surface area contributed by atoms with Crippen LogP contribution in [-0.2, 0) is 0 Å². The SMILES string of the molecule is Cc1ccc(F)cc1C(O)C(CN)c1cccnc1. The number of aryl methyl sites for hydroxylation is 1. The highest BCUT2D eigenvalue weighted by Gasteiger charge is 2.23. The maximum absolute atomic E-state index is 13.3. The Morgan fingerprint density at radius 3 is 2.79 bits per heavy atom. The molecule has 0 saturated heterocycles. The number of aliphatic hydroxyl groups is 1. The van der Waals surface area contributed by atoms with Crippen LogP contribution in [0, 0.1) is 12.7 Å². The Labute approximate surface area is 111 Å². The van der Waals surface area contributed by atoms with Gasteiger partial charge in [0, 0.05) is 24.9 Å². The highest BCUT2D eigenvalue weighted by atomic mass is 19.1. The second kappa shape index (κ2) is 5.91. The lowest BCUT2D eigenvalue weighted by atomic mass is 9.88. The average molecular weight is 260 g/mol. The van der Waals surface area contributed by atoms with Crippen molar-refractivity contribution < 1.29 is 9.50 Å². The summed E-state index contributed by atoms with van der Waals surface area (Å²) in [6.45, 7) is 2.11. The lowest BCUT2D eigenvalue weighted by molar-refractivity contribution is 0.146. The van der Waals surface area contributed by atoms with Crippen molar-refractivity contribution in [1.82, 2.24) is 4.98 Å². The van der Waals surface area contributed by atoms with Gasteiger partial charge in [-0.05, 0) is 41.8 Å². The smallest absolute Gasteiger partial charge is 0.123 e. The zero-order chi connectivity index (χ0) is 13.8. The number of rotatable bonds is 4. The van der Waals surface area contributed by atoms with E-state index in [9.17, 15) is 9.50 Å². The van der Waals surface area contributed by atoms with Gasteiger partial charge in [0.2, 0.25) is 0 Å². The molecule has 1 heterocycles. The first kappa shape index (κ1) is 13.6. The largest absolute Gasteiger partial charge is 0.388 e. The number of aliphatic hydroxyl groups excluding tert-OH is 1. The molecule has 3 N–H and O–H groups in total. The molecule has 3 nitrogen and oxygen atoms in total. The maximum atomic E-state index is 13.3. The van der Waals surface area contributed by atoms with E-state index in [1.165, 1.54) is 12.1 Å². The van der Waals surface area contributed by atoms with Crippen LogP contribution < -0.4 is 5.73 Å². The third-order valence-electron chi connectivity index (χ3n) is 3.31. The first-order valence-corrected chi connectivity index (χ1v) is 6.17. The quantitative estimate of drug-likeness (QED) is 0.886. The van der Waals surface area contributed by atoms with Gasteiger partial charge >= 0.3 is 0 Å². The maximum Gasteiger partial charge on any atom is 0.123 e. The molecule has 1 aromatic heterocycles. The molecular formula is C15H17FN2O. The Morgan fingerprint density at radius 1 is 1.37 bits per heavy atom. The van der Waals surface area contributed by atoms with Crippen LogP contribution in [0.5, 0.6) is 0 Å². The second-order valence-electron chi connectivity index (χ2n) is 4.57. The van der Waals surface area contributed by atoms with Crippen molar-refractivity contribution in [3.8, 4) is 0 Å². The highest BCUT2D eigenvalue weighted by Crippen LogP contribution is 2.31. The summed E-state index contributed by atoms with van der Waals surface area (Å²) in [6.07, 6.45) is 2.50. The van der Waals surface area contributed by atoms with Gasteiger partial charge in [0.15, 0.2) is 0 Å². The van der Waals surface area contributed by atoms with Gasteiger partial charge in [-0.25, -0.2) is 4.39 Å². The van der Waals surface area contributed by atoms with Gasteiger partial charge in [-0.15, -0.1) is 0 Å². The molecule has 100 valence electrons. The molecule has 2 atom stereocenters. The Balaban J connectivity index is 2.36. The first-order chi connectivity index (χ1) is 9.13. The van der Waals surface area contributed by atoms with Gasteiger partial charge in [-0.1, -0.05) is 12.1 Å². The van der Waals surface area contributed by atoms with E-state index in [4.69, 9.17) is 5.73 Å². The lowest BCUT2D eigenvalue weighted by Gasteiger charge is -2.23. The molecule has 0 saturated carbocycles. The summed E-state index contributed by atoms with van der Waals surface area (Å²) < 4.78 is 13.3. The van der Waals surface area contributed by atoms with E-state index in [0.29, 0.717) is 5.56 Å². The monoisotopic (exact) mass is 260 g/mol. The van der Waals surface area contributed by atoms with E-state index in [-0.39, 0.29) is 18.3 Å². The van der Waals surface area contributed by atoms with Crippen LogP contribution in [0.15, 0.2) is 42.7 Å². The molecule has 2 aromatic rings. The van der Waals surface area contributed by atoms with Crippen molar-refractivity contribution in [3.05, 3.63) is 65.2 Å². The number of halogens is 1. The Kier molecular flexibility index (Phi) is 4.24. The number of benzene rings is 1. The molecule has 0 aliphatic rings. The van der Waals surface area contributed by atoms with Gasteiger partial charge in [-0.2, -0.15) is 0 Å². The minimum Gasteiger partial charge on any atom is -0.388 e. The van der Waals surface area contributed by atoms with Crippen molar-refractivity contribution in [2.45, 2.75) is 18.9 Å². The summed E-state index contributed by atoms with van der Waals surface area (Å²) in [5, 5.41) is 10.5. The molecule has 2 rings (SSSR count). The fourth-order valence-corrected chi connectivity index (χ4v) is 2.19. The topological polar surface area (TPSA) is 59.1 Å². The predicted molar refractivity (Wildman–Crippen MR) is 72.1 cm³/mol. The summed E-state index contributed by atoms with van der Waals surface area (Å²) in [5.74, 6) is -0.657. The van der Waals surface area contributed by atoms with E-state index < -0.39 is 6.10 Å². The molecule has 0 spiro atoms. The zero-order valence-electron chi connectivity index (χ0n) is 10.8. The van der Waals surface area contributed by atoms with Crippen LogP contribution in [0.4, 0.5) is 4.39 Å². The van der Waals surface area contributed by atoms with Gasteiger partial charge in [0.1, 0.15) is 5.82 Å². The van der Waals surface area contributed by atoms with Crippen LogP contribution >= 0.6 is 0 Å². The number of pyridine rings is 1. The first-order valence-electron chi connectivity index (χ1n) is 6.17. The van der Waals surface area contributed by atoms with E-state index in [1.54, 1.807) is 24.5 Å². The summed E-state index contributed by atoms with van der Waals surface area (Å²) >= 11 is 0. The molecule has 0 fully saturated rings. The zero-order valence-corrected chi connectivity index (χ0v) is 10.8. The molecule has 2 unspecified atom stereocenters. The van der Waals surface area contributed by atoms with Crippen molar-refractivity contribution in [1.29, 1.82) is 0 Å². The molecule has 0 aliphatic carbocycles. The van der Waals surface area contributed by atoms with Gasteiger partial charge in [0.25, 0.3) is 0 Å². The number of hydrogen-bond donors (Lipinski definition) is 2. The average Bonchev–Trinajstić information content (AvgIpc) is 2.43. The molecule has 0 bridgehead atoms. The molecule has 4 heteroatoms. The van der Waals surface area contributed by atoms with Crippen molar-refractivity contribution in [3.63, 3.8) is 0 Å². The lowest BCUT2D eigenvalue weighted by Crippen LogP contribution is -2.21. The Morgan fingerprint density at radius 2 is 2.16 bits per heavy atom. The van der Waals surface area contributed by atoms with Crippen LogP contribution in [0.25, 0.3) is 0 Å². The van der Waals surface area contributed by atoms with E-state index in [2.05, 4.69) is 4.98 Å². The van der Waals surface area contributed by atoms with Crippen LogP contribution in [0.1, 0.15) is 28.7 Å². The molecule has 0 aliphatic heterocycles. The Hall–Kier alpha value is -1.78.